The van der Waals surface area contributed by atoms with Gasteiger partial charge in [0.05, 0.1) is 7.11 Å². The molecule has 3 rings (SSSR count). The number of ether oxygens (including phenoxy) is 1. The first kappa shape index (κ1) is 22.0. The molecule has 3 atom stereocenters. The highest BCUT2D eigenvalue weighted by Crippen LogP contribution is 2.39. The van der Waals surface area contributed by atoms with Crippen LogP contribution in [0.25, 0.3) is 0 Å². The summed E-state index contributed by atoms with van der Waals surface area (Å²) in [5, 5.41) is 9.84. The lowest BCUT2D eigenvalue weighted by Crippen LogP contribution is -2.39. The van der Waals surface area contributed by atoms with Gasteiger partial charge in [-0.25, -0.2) is 4.68 Å². The number of fused-ring (bicyclic) bond motifs is 1. The summed E-state index contributed by atoms with van der Waals surface area (Å²) < 4.78 is 46.4. The molecule has 9 heteroatoms. The molecule has 0 saturated carbocycles. The number of anilines is 1. The van der Waals surface area contributed by atoms with E-state index in [1.54, 1.807) is 7.11 Å². The number of rotatable bonds is 7. The van der Waals surface area contributed by atoms with Gasteiger partial charge in [0.1, 0.15) is 11.6 Å². The van der Waals surface area contributed by atoms with E-state index < -0.39 is 18.1 Å². The molecule has 6 nitrogen and oxygen atoms in total. The highest BCUT2D eigenvalue weighted by molar-refractivity contribution is 5.93. The zero-order valence-electron chi connectivity index (χ0n) is 17.3. The van der Waals surface area contributed by atoms with Crippen molar-refractivity contribution in [3.63, 3.8) is 0 Å². The van der Waals surface area contributed by atoms with Crippen LogP contribution >= 0.6 is 0 Å². The molecule has 0 spiro atoms. The fourth-order valence-corrected chi connectivity index (χ4v) is 3.57. The Morgan fingerprint density at radius 1 is 1.37 bits per heavy atom. The van der Waals surface area contributed by atoms with Crippen molar-refractivity contribution in [1.82, 2.24) is 15.1 Å². The smallest absolute Gasteiger partial charge is 0.410 e. The second-order valence-corrected chi connectivity index (χ2v) is 7.66. The average molecular weight is 424 g/mol. The quantitative estimate of drug-likeness (QED) is 0.694. The summed E-state index contributed by atoms with van der Waals surface area (Å²) in [7, 11) is 1.61. The van der Waals surface area contributed by atoms with Gasteiger partial charge >= 0.3 is 6.18 Å². The number of hydrogen-bond donors (Lipinski definition) is 2. The number of hydrogen-bond acceptors (Lipinski definition) is 4. The number of nitrogens with one attached hydrogen (secondary N) is 2. The maximum Gasteiger partial charge on any atom is 0.410 e. The molecule has 164 valence electrons. The molecule has 2 heterocycles. The monoisotopic (exact) mass is 424 g/mol. The number of amides is 1. The Hall–Kier alpha value is -2.71. The minimum absolute atomic E-state index is 0.0141. The van der Waals surface area contributed by atoms with Crippen LogP contribution < -0.4 is 15.4 Å². The fourth-order valence-electron chi connectivity index (χ4n) is 3.57. The van der Waals surface area contributed by atoms with Crippen LogP contribution in [0.4, 0.5) is 19.0 Å². The lowest BCUT2D eigenvalue weighted by atomic mass is 10.0. The van der Waals surface area contributed by atoms with Crippen molar-refractivity contribution in [2.24, 2.45) is 0 Å². The molecular formula is C21H27F3N4O2. The van der Waals surface area contributed by atoms with E-state index in [9.17, 15) is 18.0 Å². The molecule has 2 aromatic rings. The van der Waals surface area contributed by atoms with Gasteiger partial charge in [0.15, 0.2) is 11.7 Å². The van der Waals surface area contributed by atoms with Crippen LogP contribution in [0.5, 0.6) is 5.75 Å². The number of alkyl halides is 3. The lowest BCUT2D eigenvalue weighted by Gasteiger charge is -2.32. The van der Waals surface area contributed by atoms with Crippen molar-refractivity contribution >= 4 is 11.7 Å². The minimum atomic E-state index is -4.42. The lowest BCUT2D eigenvalue weighted by molar-refractivity contribution is -0.173. The summed E-state index contributed by atoms with van der Waals surface area (Å²) in [5.74, 6) is 0.529. The summed E-state index contributed by atoms with van der Waals surface area (Å²) >= 11 is 0. The van der Waals surface area contributed by atoms with E-state index in [2.05, 4.69) is 15.7 Å². The third kappa shape index (κ3) is 5.06. The van der Waals surface area contributed by atoms with E-state index in [4.69, 9.17) is 4.74 Å². The molecule has 30 heavy (non-hydrogen) atoms. The highest BCUT2D eigenvalue weighted by atomic mass is 19.4. The van der Waals surface area contributed by atoms with Crippen LogP contribution in [0.1, 0.15) is 55.2 Å². The van der Waals surface area contributed by atoms with Crippen molar-refractivity contribution in [1.29, 1.82) is 0 Å². The largest absolute Gasteiger partial charge is 0.497 e. The molecule has 0 bridgehead atoms. The Morgan fingerprint density at radius 3 is 2.67 bits per heavy atom. The van der Waals surface area contributed by atoms with Crippen LogP contribution in [-0.2, 0) is 6.42 Å². The second kappa shape index (κ2) is 8.97. The van der Waals surface area contributed by atoms with E-state index in [1.165, 1.54) is 6.07 Å². The van der Waals surface area contributed by atoms with Gasteiger partial charge in [-0.05, 0) is 50.3 Å². The molecule has 0 aliphatic carbocycles. The van der Waals surface area contributed by atoms with Gasteiger partial charge in [0, 0.05) is 18.2 Å². The van der Waals surface area contributed by atoms with Crippen molar-refractivity contribution in [2.45, 2.75) is 63.8 Å². The average Bonchev–Trinajstić information content (AvgIpc) is 3.15. The maximum atomic E-state index is 13.5. The first-order chi connectivity index (χ1) is 14.2. The fraction of sp³-hybridized carbons (Fsp3) is 0.524. The van der Waals surface area contributed by atoms with Gasteiger partial charge in [0.2, 0.25) is 0 Å². The molecule has 1 aliphatic rings. The summed E-state index contributed by atoms with van der Waals surface area (Å²) in [6, 6.07) is 6.88. The van der Waals surface area contributed by atoms with Crippen molar-refractivity contribution < 1.29 is 22.7 Å². The molecule has 1 aromatic carbocycles. The van der Waals surface area contributed by atoms with Gasteiger partial charge in [-0.3, -0.25) is 4.79 Å². The van der Waals surface area contributed by atoms with Crippen molar-refractivity contribution in [3.8, 4) is 5.75 Å². The third-order valence-corrected chi connectivity index (χ3v) is 5.40. The normalized spacial score (nSPS) is 19.5. The predicted octanol–water partition coefficient (Wildman–Crippen LogP) is 4.34. The Kier molecular flexibility index (Phi) is 6.58. The summed E-state index contributed by atoms with van der Waals surface area (Å²) in [5.41, 5.74) is 1.09. The number of benzene rings is 1. The van der Waals surface area contributed by atoms with Gasteiger partial charge in [-0.1, -0.05) is 19.1 Å². The molecule has 1 amide bonds. The summed E-state index contributed by atoms with van der Waals surface area (Å²) in [6.45, 7) is 3.69. The van der Waals surface area contributed by atoms with Crippen LogP contribution in [0, 0.1) is 0 Å². The minimum Gasteiger partial charge on any atom is -0.497 e. The van der Waals surface area contributed by atoms with Gasteiger partial charge in [-0.2, -0.15) is 18.3 Å². The first-order valence-electron chi connectivity index (χ1n) is 10.1. The van der Waals surface area contributed by atoms with Crippen LogP contribution in [0.3, 0.4) is 0 Å². The zero-order chi connectivity index (χ0) is 21.9. The Morgan fingerprint density at radius 2 is 2.07 bits per heavy atom. The molecule has 0 fully saturated rings. The number of aryl methyl sites for hydroxylation is 1. The van der Waals surface area contributed by atoms with E-state index >= 15 is 0 Å². The number of halogens is 3. The van der Waals surface area contributed by atoms with Gasteiger partial charge < -0.3 is 15.4 Å². The molecule has 0 unspecified atom stereocenters. The van der Waals surface area contributed by atoms with E-state index in [0.29, 0.717) is 12.8 Å². The van der Waals surface area contributed by atoms with E-state index in [1.807, 2.05) is 38.1 Å². The molecule has 0 saturated heterocycles. The topological polar surface area (TPSA) is 68.2 Å². The standard InChI is InChI=1S/C21H27F3N4O2/c1-4-15-11-18(21(22,23)24)28-19(26-15)12-17(27-28)20(29)25-13(2)5-6-14-7-9-16(30-3)10-8-14/h7-10,12-13,15,18,26H,4-6,11H2,1-3H3,(H,25,29)/t13-,15-,18-/m1/s1. The molecule has 1 aromatic heterocycles. The summed E-state index contributed by atoms with van der Waals surface area (Å²) in [6.07, 6.45) is -2.53. The van der Waals surface area contributed by atoms with E-state index in [0.717, 1.165) is 22.4 Å². The van der Waals surface area contributed by atoms with Crippen LogP contribution in [0.15, 0.2) is 30.3 Å². The third-order valence-electron chi connectivity index (χ3n) is 5.40. The number of carbonyl (C=O) groups excluding carboxylic acids is 1. The number of methoxy groups -OCH3 is 1. The van der Waals surface area contributed by atoms with Gasteiger partial charge in [0.25, 0.3) is 5.91 Å². The maximum absolute atomic E-state index is 13.5. The predicted molar refractivity (Wildman–Crippen MR) is 108 cm³/mol. The number of nitrogens with zero attached hydrogens (tertiary/aromatic N) is 2. The first-order valence-corrected chi connectivity index (χ1v) is 10.1. The zero-order valence-corrected chi connectivity index (χ0v) is 17.3. The molecule has 0 radical (unpaired) electrons. The Bertz CT molecular complexity index is 864. The molecular weight excluding hydrogens is 397 g/mol. The van der Waals surface area contributed by atoms with Gasteiger partial charge in [-0.15, -0.1) is 0 Å². The van der Waals surface area contributed by atoms with E-state index in [-0.39, 0.29) is 30.0 Å². The Labute approximate surface area is 173 Å². The highest BCUT2D eigenvalue weighted by Gasteiger charge is 2.46. The number of aromatic nitrogens is 2. The van der Waals surface area contributed by atoms with Crippen LogP contribution in [-0.4, -0.2) is 41.1 Å². The van der Waals surface area contributed by atoms with Crippen molar-refractivity contribution in [3.05, 3.63) is 41.6 Å². The SMILES string of the molecule is CC[C@@H]1C[C@H](C(F)(F)F)n2nc(C(=O)N[C@H](C)CCc3ccc(OC)cc3)cc2N1. The molecule has 1 aliphatic heterocycles. The van der Waals surface area contributed by atoms with Crippen LogP contribution in [0.2, 0.25) is 0 Å². The van der Waals surface area contributed by atoms with Crippen molar-refractivity contribution in [2.75, 3.05) is 12.4 Å². The summed E-state index contributed by atoms with van der Waals surface area (Å²) in [4.78, 5) is 12.6. The molecule has 2 N–H and O–H groups in total. The second-order valence-electron chi connectivity index (χ2n) is 7.66. The number of carbonyl (C=O) groups is 1. The Balaban J connectivity index is 1.63.